The van der Waals surface area contributed by atoms with Crippen LogP contribution in [0, 0.1) is 11.8 Å². The maximum atomic E-state index is 13.0. The highest BCUT2D eigenvalue weighted by molar-refractivity contribution is 6.21. The number of likely N-dealkylation sites (tertiary alicyclic amines) is 1. The van der Waals surface area contributed by atoms with Gasteiger partial charge in [0.2, 0.25) is 0 Å². The molecular weight excluding hydrogens is 401 g/mol. The minimum atomic E-state index is -4.54. The van der Waals surface area contributed by atoms with Crippen molar-refractivity contribution in [3.63, 3.8) is 0 Å². The Morgan fingerprint density at radius 2 is 1.57 bits per heavy atom. The van der Waals surface area contributed by atoms with Crippen LogP contribution in [0.4, 0.5) is 13.2 Å². The monoisotopic (exact) mass is 420 g/mol. The number of fused-ring (bicyclic) bond motifs is 1. The molecular formula is C18H20ClF3N2O4. The van der Waals surface area contributed by atoms with E-state index < -0.39 is 24.0 Å². The van der Waals surface area contributed by atoms with Crippen molar-refractivity contribution in [3.05, 3.63) is 35.4 Å². The van der Waals surface area contributed by atoms with Gasteiger partial charge in [0.15, 0.2) is 0 Å². The fourth-order valence-electron chi connectivity index (χ4n) is 3.70. The molecule has 6 nitrogen and oxygen atoms in total. The molecule has 3 rings (SSSR count). The summed E-state index contributed by atoms with van der Waals surface area (Å²) in [6.07, 6.45) is -3.64. The Bertz CT molecular complexity index is 736. The van der Waals surface area contributed by atoms with Crippen molar-refractivity contribution < 1.29 is 32.7 Å². The number of aliphatic carboxylic acids is 1. The SMILES string of the molecule is Cl.O=C(O)[C@@H]1CN(CCCCN2C(=O)c3ccccc3C2=O)C[C@H]1C(F)(F)F. The number of imide groups is 1. The summed E-state index contributed by atoms with van der Waals surface area (Å²) in [5.74, 6) is -5.49. The molecule has 0 spiro atoms. The third-order valence-corrected chi connectivity index (χ3v) is 5.12. The lowest BCUT2D eigenvalue weighted by Gasteiger charge is -2.19. The molecule has 2 amide bonds. The van der Waals surface area contributed by atoms with Gasteiger partial charge in [-0.05, 0) is 31.5 Å². The second-order valence-corrected chi connectivity index (χ2v) is 6.87. The van der Waals surface area contributed by atoms with Crippen molar-refractivity contribution in [2.75, 3.05) is 26.2 Å². The third-order valence-electron chi connectivity index (χ3n) is 5.12. The van der Waals surface area contributed by atoms with Crippen LogP contribution in [0.15, 0.2) is 24.3 Å². The van der Waals surface area contributed by atoms with Gasteiger partial charge in [-0.15, -0.1) is 12.4 Å². The fourth-order valence-corrected chi connectivity index (χ4v) is 3.70. The largest absolute Gasteiger partial charge is 0.481 e. The summed E-state index contributed by atoms with van der Waals surface area (Å²) in [4.78, 5) is 38.2. The number of unbranched alkanes of at least 4 members (excludes halogenated alkanes) is 1. The molecule has 1 saturated heterocycles. The molecule has 10 heteroatoms. The summed E-state index contributed by atoms with van der Waals surface area (Å²) < 4.78 is 38.9. The smallest absolute Gasteiger partial charge is 0.393 e. The van der Waals surface area contributed by atoms with Gasteiger partial charge >= 0.3 is 12.1 Å². The average Bonchev–Trinajstić information content (AvgIpc) is 3.14. The molecule has 1 N–H and O–H groups in total. The highest BCUT2D eigenvalue weighted by Gasteiger charge is 2.52. The summed E-state index contributed by atoms with van der Waals surface area (Å²) in [6.45, 7) is -0.00914. The lowest BCUT2D eigenvalue weighted by molar-refractivity contribution is -0.188. The highest BCUT2D eigenvalue weighted by Crippen LogP contribution is 2.37. The van der Waals surface area contributed by atoms with Crippen molar-refractivity contribution in [2.24, 2.45) is 11.8 Å². The Kier molecular flexibility index (Phi) is 6.71. The number of amides is 2. The lowest BCUT2D eigenvalue weighted by atomic mass is 9.96. The van der Waals surface area contributed by atoms with Crippen LogP contribution >= 0.6 is 12.4 Å². The van der Waals surface area contributed by atoms with Gasteiger partial charge in [0.05, 0.1) is 23.0 Å². The van der Waals surface area contributed by atoms with Gasteiger partial charge in [-0.3, -0.25) is 19.3 Å². The molecule has 0 saturated carbocycles. The molecule has 1 aromatic carbocycles. The molecule has 154 valence electrons. The number of carboxylic acids is 1. The number of carbonyl (C=O) groups excluding carboxylic acids is 2. The zero-order valence-electron chi connectivity index (χ0n) is 14.8. The van der Waals surface area contributed by atoms with Gasteiger partial charge in [-0.2, -0.15) is 13.2 Å². The second-order valence-electron chi connectivity index (χ2n) is 6.87. The third kappa shape index (κ3) is 4.30. The summed E-state index contributed by atoms with van der Waals surface area (Å²) in [5, 5.41) is 9.02. The van der Waals surface area contributed by atoms with Gasteiger partial charge in [-0.1, -0.05) is 12.1 Å². The average molecular weight is 421 g/mol. The summed E-state index contributed by atoms with van der Waals surface area (Å²) in [5.41, 5.74) is 0.721. The normalized spacial score (nSPS) is 22.3. The summed E-state index contributed by atoms with van der Waals surface area (Å²) in [6, 6.07) is 6.53. The molecule has 28 heavy (non-hydrogen) atoms. The van der Waals surface area contributed by atoms with Crippen LogP contribution in [-0.4, -0.2) is 65.0 Å². The number of halogens is 4. The van der Waals surface area contributed by atoms with Crippen LogP contribution in [0.2, 0.25) is 0 Å². The second kappa shape index (κ2) is 8.48. The van der Waals surface area contributed by atoms with Crippen molar-refractivity contribution in [1.29, 1.82) is 0 Å². The predicted molar refractivity (Wildman–Crippen MR) is 95.4 cm³/mol. The first-order valence-corrected chi connectivity index (χ1v) is 8.67. The number of hydrogen-bond donors (Lipinski definition) is 1. The molecule has 2 heterocycles. The van der Waals surface area contributed by atoms with E-state index in [1.165, 1.54) is 4.90 Å². The minimum absolute atomic E-state index is 0. The van der Waals surface area contributed by atoms with E-state index >= 15 is 0 Å². The first kappa shape index (κ1) is 22.2. The van der Waals surface area contributed by atoms with Crippen LogP contribution in [-0.2, 0) is 4.79 Å². The number of hydrogen-bond acceptors (Lipinski definition) is 4. The van der Waals surface area contributed by atoms with E-state index in [0.29, 0.717) is 30.5 Å². The number of nitrogens with zero attached hydrogens (tertiary/aromatic N) is 2. The van der Waals surface area contributed by atoms with Crippen molar-refractivity contribution >= 4 is 30.2 Å². The molecule has 1 aromatic rings. The van der Waals surface area contributed by atoms with Crippen molar-refractivity contribution in [1.82, 2.24) is 9.80 Å². The molecule has 1 fully saturated rings. The zero-order valence-corrected chi connectivity index (χ0v) is 15.6. The number of carbonyl (C=O) groups is 3. The molecule has 0 radical (unpaired) electrons. The molecule has 0 unspecified atom stereocenters. The predicted octanol–water partition coefficient (Wildman–Crippen LogP) is 2.68. The number of alkyl halides is 3. The van der Waals surface area contributed by atoms with Crippen LogP contribution in [0.25, 0.3) is 0 Å². The minimum Gasteiger partial charge on any atom is -0.481 e. The topological polar surface area (TPSA) is 77.9 Å². The van der Waals surface area contributed by atoms with E-state index in [1.54, 1.807) is 24.3 Å². The Morgan fingerprint density at radius 3 is 2.04 bits per heavy atom. The Hall–Kier alpha value is -2.13. The number of rotatable bonds is 6. The van der Waals surface area contributed by atoms with Crippen LogP contribution in [0.5, 0.6) is 0 Å². The van der Waals surface area contributed by atoms with Gasteiger partial charge in [-0.25, -0.2) is 0 Å². The number of carboxylic acid groups (broad SMARTS) is 1. The number of benzene rings is 1. The van der Waals surface area contributed by atoms with Crippen molar-refractivity contribution in [2.45, 2.75) is 19.0 Å². The standard InChI is InChI=1S/C18H19F3N2O4.ClH/c19-18(20,21)14-10-22(9-13(14)17(26)27)7-3-4-8-23-15(24)11-5-1-2-6-12(11)16(23)25;/h1-2,5-6,13-14H,3-4,7-10H2,(H,26,27);1H/t13-,14-;/m1./s1. The Balaban J connectivity index is 0.00000280. The lowest BCUT2D eigenvalue weighted by Crippen LogP contribution is -2.33. The van der Waals surface area contributed by atoms with Gasteiger partial charge < -0.3 is 10.0 Å². The fraction of sp³-hybridized carbons (Fsp3) is 0.500. The van der Waals surface area contributed by atoms with Gasteiger partial charge in [0.25, 0.3) is 11.8 Å². The van der Waals surface area contributed by atoms with E-state index in [2.05, 4.69) is 0 Å². The molecule has 2 aliphatic rings. The summed E-state index contributed by atoms with van der Waals surface area (Å²) >= 11 is 0. The maximum Gasteiger partial charge on any atom is 0.393 e. The van der Waals surface area contributed by atoms with E-state index in [1.807, 2.05) is 0 Å². The summed E-state index contributed by atoms with van der Waals surface area (Å²) in [7, 11) is 0. The van der Waals surface area contributed by atoms with Crippen molar-refractivity contribution in [3.8, 4) is 0 Å². The Labute approximate surface area is 165 Å². The molecule has 2 aliphatic heterocycles. The quantitative estimate of drug-likeness (QED) is 0.565. The molecule has 0 aliphatic carbocycles. The molecule has 0 aromatic heterocycles. The van der Waals surface area contributed by atoms with Gasteiger partial charge in [0.1, 0.15) is 0 Å². The van der Waals surface area contributed by atoms with Gasteiger partial charge in [0, 0.05) is 19.6 Å². The molecule has 2 atom stereocenters. The van der Waals surface area contributed by atoms with Crippen LogP contribution in [0.1, 0.15) is 33.6 Å². The first-order valence-electron chi connectivity index (χ1n) is 8.67. The van der Waals surface area contributed by atoms with E-state index in [4.69, 9.17) is 5.11 Å². The van der Waals surface area contributed by atoms with Crippen LogP contribution in [0.3, 0.4) is 0 Å². The van der Waals surface area contributed by atoms with E-state index in [-0.39, 0.29) is 43.9 Å². The van der Waals surface area contributed by atoms with E-state index in [9.17, 15) is 27.6 Å². The Morgan fingerprint density at radius 1 is 1.04 bits per heavy atom. The van der Waals surface area contributed by atoms with Crippen LogP contribution < -0.4 is 0 Å². The maximum absolute atomic E-state index is 13.0. The first-order chi connectivity index (χ1) is 12.7. The highest BCUT2D eigenvalue weighted by atomic mass is 35.5. The molecule has 0 bridgehead atoms. The zero-order chi connectivity index (χ0) is 19.8. The van der Waals surface area contributed by atoms with E-state index in [0.717, 1.165) is 4.90 Å².